The standard InChI is InChI=1S/C23H29N7O3/c1-2-33-18-8-4-3-7-17(18)25-22(31)13-12-21-27-26-20-11-10-19(28-30(20)21)24-14-6-16-29-15-5-9-23(29)32/h3-4,7-8,10-11H,2,5-6,9,12-16H2,1H3,(H,24,28)(H,25,31). The van der Waals surface area contributed by atoms with Crippen LogP contribution in [0.2, 0.25) is 0 Å². The first-order chi connectivity index (χ1) is 16.1. The maximum Gasteiger partial charge on any atom is 0.224 e. The number of benzene rings is 1. The van der Waals surface area contributed by atoms with E-state index in [4.69, 9.17) is 4.74 Å². The van der Waals surface area contributed by atoms with E-state index in [1.54, 1.807) is 4.52 Å². The number of rotatable bonds is 11. The molecule has 10 nitrogen and oxygen atoms in total. The molecule has 3 aromatic rings. The van der Waals surface area contributed by atoms with Gasteiger partial charge in [0.2, 0.25) is 11.8 Å². The predicted molar refractivity (Wildman–Crippen MR) is 124 cm³/mol. The Kier molecular flexibility index (Phi) is 7.33. The number of aromatic nitrogens is 4. The van der Waals surface area contributed by atoms with E-state index in [0.29, 0.717) is 54.7 Å². The van der Waals surface area contributed by atoms with Gasteiger partial charge in [0.25, 0.3) is 0 Å². The van der Waals surface area contributed by atoms with Gasteiger partial charge in [-0.3, -0.25) is 9.59 Å². The number of fused-ring (bicyclic) bond motifs is 1. The Hall–Kier alpha value is -3.69. The highest BCUT2D eigenvalue weighted by Gasteiger charge is 2.19. The average Bonchev–Trinajstić information content (AvgIpc) is 3.42. The molecule has 0 aliphatic carbocycles. The van der Waals surface area contributed by atoms with Crippen LogP contribution in [-0.2, 0) is 16.0 Å². The van der Waals surface area contributed by atoms with Crippen molar-refractivity contribution in [2.45, 2.75) is 39.0 Å². The van der Waals surface area contributed by atoms with E-state index in [2.05, 4.69) is 25.9 Å². The molecule has 0 bridgehead atoms. The van der Waals surface area contributed by atoms with Crippen molar-refractivity contribution in [3.63, 3.8) is 0 Å². The van der Waals surface area contributed by atoms with E-state index in [1.807, 2.05) is 48.2 Å². The highest BCUT2D eigenvalue weighted by atomic mass is 16.5. The first-order valence-electron chi connectivity index (χ1n) is 11.4. The van der Waals surface area contributed by atoms with Gasteiger partial charge in [-0.2, -0.15) is 4.52 Å². The van der Waals surface area contributed by atoms with E-state index in [9.17, 15) is 9.59 Å². The number of hydrogen-bond donors (Lipinski definition) is 2. The minimum Gasteiger partial charge on any atom is -0.492 e. The van der Waals surface area contributed by atoms with Gasteiger partial charge in [-0.15, -0.1) is 15.3 Å². The number of aryl methyl sites for hydroxylation is 1. The lowest BCUT2D eigenvalue weighted by Crippen LogP contribution is -2.27. The van der Waals surface area contributed by atoms with Crippen molar-refractivity contribution >= 4 is 29.0 Å². The van der Waals surface area contributed by atoms with Gasteiger partial charge in [0.05, 0.1) is 12.3 Å². The number of nitrogens with one attached hydrogen (secondary N) is 2. The van der Waals surface area contributed by atoms with Gasteiger partial charge in [-0.05, 0) is 44.0 Å². The summed E-state index contributed by atoms with van der Waals surface area (Å²) >= 11 is 0. The van der Waals surface area contributed by atoms with E-state index in [0.717, 1.165) is 25.9 Å². The summed E-state index contributed by atoms with van der Waals surface area (Å²) in [6.07, 6.45) is 3.11. The largest absolute Gasteiger partial charge is 0.492 e. The second-order valence-electron chi connectivity index (χ2n) is 7.85. The summed E-state index contributed by atoms with van der Waals surface area (Å²) in [5.41, 5.74) is 1.27. The van der Waals surface area contributed by atoms with Crippen LogP contribution in [0.3, 0.4) is 0 Å². The Morgan fingerprint density at radius 3 is 2.88 bits per heavy atom. The third-order valence-electron chi connectivity index (χ3n) is 5.45. The summed E-state index contributed by atoms with van der Waals surface area (Å²) in [6, 6.07) is 11.1. The van der Waals surface area contributed by atoms with Crippen molar-refractivity contribution in [1.82, 2.24) is 24.7 Å². The molecule has 2 aromatic heterocycles. The molecule has 1 fully saturated rings. The number of carbonyl (C=O) groups excluding carboxylic acids is 2. The molecule has 174 valence electrons. The molecule has 2 N–H and O–H groups in total. The Morgan fingerprint density at radius 1 is 1.18 bits per heavy atom. The second kappa shape index (κ2) is 10.8. The fraction of sp³-hybridized carbons (Fsp3) is 0.435. The molecule has 1 saturated heterocycles. The molecule has 2 amide bonds. The molecule has 10 heteroatoms. The second-order valence-corrected chi connectivity index (χ2v) is 7.85. The predicted octanol–water partition coefficient (Wildman–Crippen LogP) is 2.52. The van der Waals surface area contributed by atoms with Crippen molar-refractivity contribution in [1.29, 1.82) is 0 Å². The lowest BCUT2D eigenvalue weighted by atomic mass is 10.2. The van der Waals surface area contributed by atoms with Gasteiger partial charge in [-0.1, -0.05) is 12.1 Å². The van der Waals surface area contributed by atoms with E-state index in [-0.39, 0.29) is 18.2 Å². The van der Waals surface area contributed by atoms with Crippen LogP contribution >= 0.6 is 0 Å². The first-order valence-corrected chi connectivity index (χ1v) is 11.4. The molecule has 0 saturated carbocycles. The highest BCUT2D eigenvalue weighted by molar-refractivity contribution is 5.92. The first kappa shape index (κ1) is 22.5. The summed E-state index contributed by atoms with van der Waals surface area (Å²) in [5.74, 6) is 2.07. The number of carbonyl (C=O) groups is 2. The summed E-state index contributed by atoms with van der Waals surface area (Å²) in [7, 11) is 0. The van der Waals surface area contributed by atoms with Crippen LogP contribution in [0.1, 0.15) is 38.4 Å². The quantitative estimate of drug-likeness (QED) is 0.431. The lowest BCUT2D eigenvalue weighted by molar-refractivity contribution is -0.127. The zero-order valence-electron chi connectivity index (χ0n) is 18.8. The fourth-order valence-corrected chi connectivity index (χ4v) is 3.80. The molecule has 0 radical (unpaired) electrons. The van der Waals surface area contributed by atoms with Gasteiger partial charge >= 0.3 is 0 Å². The molecular weight excluding hydrogens is 422 g/mol. The molecule has 1 aliphatic rings. The number of hydrogen-bond acceptors (Lipinski definition) is 7. The molecule has 1 aliphatic heterocycles. The number of anilines is 2. The average molecular weight is 452 g/mol. The molecule has 33 heavy (non-hydrogen) atoms. The van der Waals surface area contributed by atoms with Crippen LogP contribution in [0.4, 0.5) is 11.5 Å². The van der Waals surface area contributed by atoms with Gasteiger partial charge < -0.3 is 20.3 Å². The number of likely N-dealkylation sites (tertiary alicyclic amines) is 1. The number of amides is 2. The van der Waals surface area contributed by atoms with Gasteiger partial charge in [0, 0.05) is 38.9 Å². The topological polar surface area (TPSA) is 114 Å². The SMILES string of the molecule is CCOc1ccccc1NC(=O)CCc1nnc2ccc(NCCCN3CCCC3=O)nn12. The zero-order valence-corrected chi connectivity index (χ0v) is 18.8. The zero-order chi connectivity index (χ0) is 23.0. The van der Waals surface area contributed by atoms with Crippen molar-refractivity contribution in [3.8, 4) is 5.75 Å². The van der Waals surface area contributed by atoms with Crippen LogP contribution in [0.5, 0.6) is 5.75 Å². The third-order valence-corrected chi connectivity index (χ3v) is 5.45. The van der Waals surface area contributed by atoms with Gasteiger partial charge in [0.15, 0.2) is 11.5 Å². The van der Waals surface area contributed by atoms with Crippen LogP contribution in [0.15, 0.2) is 36.4 Å². The minimum atomic E-state index is -0.135. The molecule has 0 spiro atoms. The molecule has 4 rings (SSSR count). The van der Waals surface area contributed by atoms with E-state index in [1.165, 1.54) is 0 Å². The smallest absolute Gasteiger partial charge is 0.224 e. The number of ether oxygens (including phenoxy) is 1. The van der Waals surface area contributed by atoms with E-state index >= 15 is 0 Å². The third kappa shape index (κ3) is 5.76. The van der Waals surface area contributed by atoms with Crippen molar-refractivity contribution in [2.75, 3.05) is 36.9 Å². The van der Waals surface area contributed by atoms with Crippen LogP contribution in [0, 0.1) is 0 Å². The van der Waals surface area contributed by atoms with Gasteiger partial charge in [0.1, 0.15) is 11.6 Å². The van der Waals surface area contributed by atoms with Crippen molar-refractivity contribution in [2.24, 2.45) is 0 Å². The molecule has 1 aromatic carbocycles. The Bertz CT molecular complexity index is 1110. The summed E-state index contributed by atoms with van der Waals surface area (Å²) in [5, 5.41) is 19.1. The molecular formula is C23H29N7O3. The summed E-state index contributed by atoms with van der Waals surface area (Å²) in [4.78, 5) is 26.1. The molecule has 0 atom stereocenters. The molecule has 0 unspecified atom stereocenters. The monoisotopic (exact) mass is 451 g/mol. The van der Waals surface area contributed by atoms with Gasteiger partial charge in [-0.25, -0.2) is 0 Å². The van der Waals surface area contributed by atoms with Crippen LogP contribution in [-0.4, -0.2) is 62.8 Å². The minimum absolute atomic E-state index is 0.135. The summed E-state index contributed by atoms with van der Waals surface area (Å²) < 4.78 is 7.22. The van der Waals surface area contributed by atoms with Crippen molar-refractivity contribution < 1.29 is 14.3 Å². The Balaban J connectivity index is 1.31. The van der Waals surface area contributed by atoms with E-state index < -0.39 is 0 Å². The van der Waals surface area contributed by atoms with Crippen molar-refractivity contribution in [3.05, 3.63) is 42.2 Å². The number of para-hydroxylation sites is 2. The lowest BCUT2D eigenvalue weighted by Gasteiger charge is -2.15. The maximum absolute atomic E-state index is 12.5. The highest BCUT2D eigenvalue weighted by Crippen LogP contribution is 2.24. The Labute approximate surface area is 192 Å². The fourth-order valence-electron chi connectivity index (χ4n) is 3.80. The summed E-state index contributed by atoms with van der Waals surface area (Å²) in [6.45, 7) is 4.75. The van der Waals surface area contributed by atoms with Crippen LogP contribution < -0.4 is 15.4 Å². The number of nitrogens with zero attached hydrogens (tertiary/aromatic N) is 5. The normalized spacial score (nSPS) is 13.5. The Morgan fingerprint density at radius 2 is 2.06 bits per heavy atom. The maximum atomic E-state index is 12.5. The molecule has 3 heterocycles. The van der Waals surface area contributed by atoms with Crippen LogP contribution in [0.25, 0.3) is 5.65 Å².